The highest BCUT2D eigenvalue weighted by Crippen LogP contribution is 2.58. The predicted octanol–water partition coefficient (Wildman–Crippen LogP) is 4.72. The number of hydrogen-bond acceptors (Lipinski definition) is 0. The molecule has 0 spiro atoms. The second-order valence-electron chi connectivity index (χ2n) is 6.07. The normalized spacial score (nSPS) is 36.0. The van der Waals surface area contributed by atoms with Crippen molar-refractivity contribution in [1.29, 1.82) is 0 Å². The maximum absolute atomic E-state index is 2.52. The first-order chi connectivity index (χ1) is 6.36. The monoisotopic (exact) mass is 214 g/mol. The van der Waals surface area contributed by atoms with Gasteiger partial charge in [-0.2, -0.15) is 0 Å². The highest BCUT2D eigenvalue weighted by Gasteiger charge is 2.37. The maximum Gasteiger partial charge on any atom is -0.0179 e. The summed E-state index contributed by atoms with van der Waals surface area (Å²) in [4.78, 5) is 0. The Morgan fingerprint density at radius 3 is 2.14 bits per heavy atom. The van der Waals surface area contributed by atoms with Crippen molar-refractivity contribution in [2.24, 2.45) is 11.8 Å². The van der Waals surface area contributed by atoms with Crippen LogP contribution in [0.15, 0.2) is 0 Å². The fourth-order valence-corrected chi connectivity index (χ4v) is 5.22. The zero-order valence-electron chi connectivity index (χ0n) is 10.8. The summed E-state index contributed by atoms with van der Waals surface area (Å²) in [6.07, 6.45) is 4.40. The molecule has 0 aliphatic heterocycles. The minimum absolute atomic E-state index is 0.206. The van der Waals surface area contributed by atoms with Crippen molar-refractivity contribution < 1.29 is 0 Å². The summed E-state index contributed by atoms with van der Waals surface area (Å²) in [5, 5.41) is 0.552. The van der Waals surface area contributed by atoms with Crippen LogP contribution in [0.1, 0.15) is 53.9 Å². The molecule has 0 heterocycles. The van der Waals surface area contributed by atoms with Gasteiger partial charge >= 0.3 is 0 Å². The lowest BCUT2D eigenvalue weighted by atomic mass is 10.0. The van der Waals surface area contributed by atoms with E-state index >= 15 is 0 Å². The highest BCUT2D eigenvalue weighted by atomic mass is 31.1. The van der Waals surface area contributed by atoms with E-state index in [0.717, 1.165) is 17.5 Å². The lowest BCUT2D eigenvalue weighted by Gasteiger charge is -2.35. The van der Waals surface area contributed by atoms with Crippen LogP contribution in [0, 0.1) is 11.8 Å². The van der Waals surface area contributed by atoms with Crippen molar-refractivity contribution in [2.45, 2.75) is 64.7 Å². The molecular formula is C13H27P. The van der Waals surface area contributed by atoms with Crippen molar-refractivity contribution in [2.75, 3.05) is 6.66 Å². The van der Waals surface area contributed by atoms with Crippen molar-refractivity contribution in [3.05, 3.63) is 0 Å². The van der Waals surface area contributed by atoms with Crippen LogP contribution in [0.3, 0.4) is 0 Å². The molecule has 84 valence electrons. The van der Waals surface area contributed by atoms with Crippen molar-refractivity contribution in [3.8, 4) is 0 Å². The van der Waals surface area contributed by atoms with E-state index in [0.29, 0.717) is 5.16 Å². The topological polar surface area (TPSA) is 0 Å². The highest BCUT2D eigenvalue weighted by molar-refractivity contribution is 7.59. The molecule has 4 unspecified atom stereocenters. The third-order valence-electron chi connectivity index (χ3n) is 4.07. The SMILES string of the molecule is CCC1CC(C)C(P(C)C(C)(C)C)C1. The van der Waals surface area contributed by atoms with Gasteiger partial charge in [0.1, 0.15) is 0 Å². The van der Waals surface area contributed by atoms with Gasteiger partial charge in [0.05, 0.1) is 0 Å². The Bertz CT molecular complexity index is 180. The van der Waals surface area contributed by atoms with E-state index in [2.05, 4.69) is 41.3 Å². The minimum atomic E-state index is 0.206. The molecule has 4 atom stereocenters. The van der Waals surface area contributed by atoms with Crippen LogP contribution in [0.5, 0.6) is 0 Å². The summed E-state index contributed by atoms with van der Waals surface area (Å²) in [7, 11) is 0.206. The van der Waals surface area contributed by atoms with Crippen LogP contribution in [0.25, 0.3) is 0 Å². The van der Waals surface area contributed by atoms with Gasteiger partial charge in [0.25, 0.3) is 0 Å². The second kappa shape index (κ2) is 4.52. The molecule has 14 heavy (non-hydrogen) atoms. The summed E-state index contributed by atoms with van der Waals surface area (Å²) in [5.41, 5.74) is 1.04. The smallest absolute Gasteiger partial charge is 0.0179 e. The molecule has 0 N–H and O–H groups in total. The summed E-state index contributed by atoms with van der Waals surface area (Å²) in [6.45, 7) is 14.6. The summed E-state index contributed by atoms with van der Waals surface area (Å²) in [6, 6.07) is 0. The average Bonchev–Trinajstić information content (AvgIpc) is 2.43. The van der Waals surface area contributed by atoms with Crippen LogP contribution >= 0.6 is 7.92 Å². The third kappa shape index (κ3) is 2.72. The Balaban J connectivity index is 2.61. The Morgan fingerprint density at radius 1 is 1.21 bits per heavy atom. The Morgan fingerprint density at radius 2 is 1.79 bits per heavy atom. The quantitative estimate of drug-likeness (QED) is 0.583. The fourth-order valence-electron chi connectivity index (χ4n) is 2.72. The first-order valence-corrected chi connectivity index (χ1v) is 7.95. The Labute approximate surface area is 91.6 Å². The Kier molecular flexibility index (Phi) is 4.03. The average molecular weight is 214 g/mol. The van der Waals surface area contributed by atoms with E-state index < -0.39 is 0 Å². The van der Waals surface area contributed by atoms with Gasteiger partial charge in [0.15, 0.2) is 0 Å². The summed E-state index contributed by atoms with van der Waals surface area (Å²) >= 11 is 0. The molecule has 1 saturated carbocycles. The van der Waals surface area contributed by atoms with Gasteiger partial charge in [0.2, 0.25) is 0 Å². The molecule has 0 bridgehead atoms. The molecule has 1 aliphatic carbocycles. The van der Waals surface area contributed by atoms with Gasteiger partial charge in [-0.15, -0.1) is 7.92 Å². The van der Waals surface area contributed by atoms with Crippen LogP contribution in [-0.2, 0) is 0 Å². The van der Waals surface area contributed by atoms with E-state index in [-0.39, 0.29) is 7.92 Å². The standard InChI is InChI=1S/C13H27P/c1-7-11-8-10(2)12(9-11)14(6)13(3,4)5/h10-12H,7-9H2,1-6H3. The van der Waals surface area contributed by atoms with Crippen molar-refractivity contribution in [3.63, 3.8) is 0 Å². The Hall–Kier alpha value is 0.430. The van der Waals surface area contributed by atoms with Gasteiger partial charge in [-0.25, -0.2) is 0 Å². The van der Waals surface area contributed by atoms with Gasteiger partial charge < -0.3 is 0 Å². The summed E-state index contributed by atoms with van der Waals surface area (Å²) in [5.74, 6) is 2.01. The zero-order valence-corrected chi connectivity index (χ0v) is 11.7. The molecule has 1 fully saturated rings. The minimum Gasteiger partial charge on any atom is -0.101 e. The second-order valence-corrected chi connectivity index (χ2v) is 9.30. The molecule has 0 aromatic carbocycles. The molecule has 1 heteroatoms. The molecule has 1 aliphatic rings. The predicted molar refractivity (Wildman–Crippen MR) is 68.6 cm³/mol. The van der Waals surface area contributed by atoms with Gasteiger partial charge in [0, 0.05) is 0 Å². The molecule has 0 nitrogen and oxygen atoms in total. The molecule has 0 aromatic rings. The van der Waals surface area contributed by atoms with E-state index in [1.54, 1.807) is 0 Å². The first kappa shape index (κ1) is 12.5. The molecule has 0 radical (unpaired) electrons. The molecule has 0 saturated heterocycles. The number of hydrogen-bond donors (Lipinski definition) is 0. The van der Waals surface area contributed by atoms with Crippen LogP contribution in [0.4, 0.5) is 0 Å². The largest absolute Gasteiger partial charge is 0.101 e. The van der Waals surface area contributed by atoms with E-state index in [1.807, 2.05) is 0 Å². The van der Waals surface area contributed by atoms with Crippen molar-refractivity contribution in [1.82, 2.24) is 0 Å². The van der Waals surface area contributed by atoms with Crippen LogP contribution in [0.2, 0.25) is 0 Å². The lowest BCUT2D eigenvalue weighted by molar-refractivity contribution is 0.501. The molecular weight excluding hydrogens is 187 g/mol. The first-order valence-electron chi connectivity index (χ1n) is 6.09. The van der Waals surface area contributed by atoms with Gasteiger partial charge in [-0.05, 0) is 42.2 Å². The maximum atomic E-state index is 2.52. The molecule has 1 rings (SSSR count). The molecule has 0 amide bonds. The van der Waals surface area contributed by atoms with E-state index in [1.165, 1.54) is 19.3 Å². The van der Waals surface area contributed by atoms with Gasteiger partial charge in [-0.1, -0.05) is 41.0 Å². The van der Waals surface area contributed by atoms with Gasteiger partial charge in [-0.3, -0.25) is 0 Å². The van der Waals surface area contributed by atoms with E-state index in [4.69, 9.17) is 0 Å². The molecule has 0 aromatic heterocycles. The fraction of sp³-hybridized carbons (Fsp3) is 1.00. The van der Waals surface area contributed by atoms with Crippen LogP contribution < -0.4 is 0 Å². The van der Waals surface area contributed by atoms with E-state index in [9.17, 15) is 0 Å². The van der Waals surface area contributed by atoms with Crippen LogP contribution in [-0.4, -0.2) is 17.5 Å². The third-order valence-corrected chi connectivity index (χ3v) is 7.90. The van der Waals surface area contributed by atoms with Crippen molar-refractivity contribution >= 4 is 7.92 Å². The number of rotatable bonds is 2. The lowest BCUT2D eigenvalue weighted by Crippen LogP contribution is -2.21. The zero-order chi connectivity index (χ0) is 10.9. The summed E-state index contributed by atoms with van der Waals surface area (Å²) < 4.78 is 0.